The minimum absolute atomic E-state index is 0.0570. The minimum Gasteiger partial charge on any atom is -0.387 e. The van der Waals surface area contributed by atoms with Gasteiger partial charge < -0.3 is 19.8 Å². The van der Waals surface area contributed by atoms with Gasteiger partial charge in [0.15, 0.2) is 0 Å². The Morgan fingerprint density at radius 3 is 1.10 bits per heavy atom. The van der Waals surface area contributed by atoms with E-state index < -0.39 is 20.0 Å². The summed E-state index contributed by atoms with van der Waals surface area (Å²) >= 11 is 0. The van der Waals surface area contributed by atoms with Crippen molar-refractivity contribution in [3.63, 3.8) is 0 Å². The second-order valence-electron chi connectivity index (χ2n) is 24.5. The zero-order valence-corrected chi connectivity index (χ0v) is 54.0. The Morgan fingerprint density at radius 1 is 0.430 bits per heavy atom. The molecule has 0 radical (unpaired) electrons. The Hall–Kier alpha value is -1.80. The van der Waals surface area contributed by atoms with Crippen molar-refractivity contribution in [2.45, 2.75) is 341 Å². The Kier molecular flexibility index (Phi) is 59.4. The van der Waals surface area contributed by atoms with Gasteiger partial charge >= 0.3 is 7.82 Å². The number of hydrogen-bond acceptors (Lipinski definition) is 5. The number of phosphoric ester groups is 1. The molecule has 0 spiro atoms. The molecule has 464 valence electrons. The number of hydrogen-bond donors (Lipinski definition) is 3. The molecule has 0 rings (SSSR count). The van der Waals surface area contributed by atoms with Gasteiger partial charge in [-0.2, -0.15) is 0 Å². The van der Waals surface area contributed by atoms with Crippen LogP contribution in [-0.4, -0.2) is 73.4 Å². The number of likely N-dealkylation sites (N-methyl/N-ethyl adjacent to an activating group) is 1. The van der Waals surface area contributed by atoms with Crippen LogP contribution < -0.4 is 5.32 Å². The summed E-state index contributed by atoms with van der Waals surface area (Å²) in [4.78, 5) is 23.3. The van der Waals surface area contributed by atoms with Gasteiger partial charge in [-0.15, -0.1) is 0 Å². The van der Waals surface area contributed by atoms with E-state index in [4.69, 9.17) is 9.05 Å². The first kappa shape index (κ1) is 77.2. The van der Waals surface area contributed by atoms with Crippen LogP contribution in [0.15, 0.2) is 60.8 Å². The zero-order valence-electron chi connectivity index (χ0n) is 53.1. The highest BCUT2D eigenvalue weighted by Gasteiger charge is 2.28. The second kappa shape index (κ2) is 60.8. The molecule has 0 aliphatic heterocycles. The van der Waals surface area contributed by atoms with Gasteiger partial charge in [-0.25, -0.2) is 4.57 Å². The molecule has 3 N–H and O–H groups in total. The molecule has 0 heterocycles. The van der Waals surface area contributed by atoms with Crippen LogP contribution in [0.1, 0.15) is 328 Å². The number of rotatable bonds is 63. The van der Waals surface area contributed by atoms with Crippen molar-refractivity contribution in [1.29, 1.82) is 0 Å². The van der Waals surface area contributed by atoms with Crippen molar-refractivity contribution >= 4 is 13.7 Å². The van der Waals surface area contributed by atoms with Crippen LogP contribution in [-0.2, 0) is 18.4 Å². The van der Waals surface area contributed by atoms with E-state index in [0.717, 1.165) is 51.4 Å². The van der Waals surface area contributed by atoms with Gasteiger partial charge in [0, 0.05) is 6.42 Å². The third kappa shape index (κ3) is 63.6. The van der Waals surface area contributed by atoms with Gasteiger partial charge in [0.05, 0.1) is 39.9 Å². The first-order valence-electron chi connectivity index (χ1n) is 34.2. The number of amides is 1. The van der Waals surface area contributed by atoms with Crippen LogP contribution in [0.3, 0.4) is 0 Å². The van der Waals surface area contributed by atoms with E-state index in [1.165, 1.54) is 257 Å². The van der Waals surface area contributed by atoms with Crippen molar-refractivity contribution < 1.29 is 32.9 Å². The topological polar surface area (TPSA) is 105 Å². The summed E-state index contributed by atoms with van der Waals surface area (Å²) in [6.07, 6.45) is 83.8. The fourth-order valence-corrected chi connectivity index (χ4v) is 10.9. The maximum atomic E-state index is 13.0. The van der Waals surface area contributed by atoms with Crippen molar-refractivity contribution in [2.24, 2.45) is 0 Å². The summed E-state index contributed by atoms with van der Waals surface area (Å²) in [6.45, 7) is 4.81. The number of phosphoric acid groups is 1. The first-order chi connectivity index (χ1) is 38.5. The van der Waals surface area contributed by atoms with E-state index in [9.17, 15) is 19.4 Å². The smallest absolute Gasteiger partial charge is 0.387 e. The largest absolute Gasteiger partial charge is 0.472 e. The Labute approximate surface area is 492 Å². The zero-order chi connectivity index (χ0) is 57.7. The monoisotopic (exact) mass is 1130 g/mol. The Balaban J connectivity index is 3.90. The van der Waals surface area contributed by atoms with Crippen LogP contribution in [0.4, 0.5) is 0 Å². The molecule has 0 bridgehead atoms. The number of quaternary nitrogens is 1. The number of allylic oxidation sites excluding steroid dienone is 9. The van der Waals surface area contributed by atoms with Crippen molar-refractivity contribution in [2.75, 3.05) is 40.9 Å². The molecular weight excluding hydrogens is 996 g/mol. The minimum atomic E-state index is -4.36. The number of nitrogens with zero attached hydrogens (tertiary/aromatic N) is 1. The standard InChI is InChI=1S/C70H133N2O6P/c1-6-8-10-12-14-16-18-20-22-24-25-26-27-28-29-30-31-32-33-34-35-36-37-38-39-40-41-42-43-44-45-46-47-48-50-52-54-56-58-60-62-64-70(74)71-68(67-78-79(75,76)77-66-65-72(3,4)5)69(73)63-61-59-57-55-53-51-49-23-21-19-17-15-13-11-9-7-2/h18,20,24-25,27-28,53,55,61,63,68-69,73H,6-17,19,21-23,26,29-52,54,56-60,62,64-67H2,1-5H3,(H-,71,74,75,76)/p+1/b20-18-,25-24-,28-27-,55-53+,63-61+. The molecule has 1 amide bonds. The molecule has 0 fully saturated rings. The molecule has 9 heteroatoms. The van der Waals surface area contributed by atoms with Gasteiger partial charge in [-0.3, -0.25) is 13.8 Å². The SMILES string of the molecule is CCCCCCC/C=C\C/C=C\C/C=C\CCCCCCCCCCCCCCCCCCCCCCCCCCCCC(=O)NC(COP(=O)(O)OCC[N+](C)(C)C)C(O)/C=C/CC/C=C/CCCCCCCCCCCC. The maximum Gasteiger partial charge on any atom is 0.472 e. The second-order valence-corrected chi connectivity index (χ2v) is 26.0. The number of unbranched alkanes of at least 4 members (excludes halogenated alkanes) is 42. The molecule has 0 aromatic rings. The fourth-order valence-electron chi connectivity index (χ4n) is 10.1. The highest BCUT2D eigenvalue weighted by atomic mass is 31.2. The van der Waals surface area contributed by atoms with Gasteiger partial charge in [-0.05, 0) is 70.6 Å². The van der Waals surface area contributed by atoms with Gasteiger partial charge in [0.2, 0.25) is 5.91 Å². The quantitative estimate of drug-likeness (QED) is 0.0243. The third-order valence-corrected chi connectivity index (χ3v) is 16.4. The van der Waals surface area contributed by atoms with Crippen molar-refractivity contribution in [3.05, 3.63) is 60.8 Å². The molecule has 8 nitrogen and oxygen atoms in total. The summed E-state index contributed by atoms with van der Waals surface area (Å²) in [5.41, 5.74) is 0. The number of nitrogens with one attached hydrogen (secondary N) is 1. The van der Waals surface area contributed by atoms with Crippen LogP contribution in [0.5, 0.6) is 0 Å². The lowest BCUT2D eigenvalue weighted by Crippen LogP contribution is -2.45. The van der Waals surface area contributed by atoms with Crippen LogP contribution in [0, 0.1) is 0 Å². The van der Waals surface area contributed by atoms with Crippen LogP contribution >= 0.6 is 7.82 Å². The van der Waals surface area contributed by atoms with Crippen LogP contribution in [0.2, 0.25) is 0 Å². The number of carbonyl (C=O) groups excluding carboxylic acids is 1. The van der Waals surface area contributed by atoms with E-state index in [-0.39, 0.29) is 19.1 Å². The van der Waals surface area contributed by atoms with Crippen molar-refractivity contribution in [3.8, 4) is 0 Å². The highest BCUT2D eigenvalue weighted by molar-refractivity contribution is 7.47. The molecule has 0 saturated carbocycles. The highest BCUT2D eigenvalue weighted by Crippen LogP contribution is 2.43. The van der Waals surface area contributed by atoms with Crippen LogP contribution in [0.25, 0.3) is 0 Å². The molecule has 0 aliphatic rings. The lowest BCUT2D eigenvalue weighted by Gasteiger charge is -2.25. The molecule has 0 saturated heterocycles. The molecule has 3 unspecified atom stereocenters. The summed E-state index contributed by atoms with van der Waals surface area (Å²) in [6, 6.07) is -0.863. The van der Waals surface area contributed by atoms with Gasteiger partial charge in [-0.1, -0.05) is 312 Å². The Bertz CT molecular complexity index is 1470. The van der Waals surface area contributed by atoms with E-state index in [2.05, 4.69) is 67.8 Å². The molecule has 0 aromatic heterocycles. The lowest BCUT2D eigenvalue weighted by molar-refractivity contribution is -0.870. The number of carbonyl (C=O) groups is 1. The van der Waals surface area contributed by atoms with E-state index in [1.54, 1.807) is 6.08 Å². The fraction of sp³-hybridized carbons (Fsp3) is 0.843. The van der Waals surface area contributed by atoms with Crippen molar-refractivity contribution in [1.82, 2.24) is 5.32 Å². The maximum absolute atomic E-state index is 13.0. The summed E-state index contributed by atoms with van der Waals surface area (Å²) in [5.74, 6) is -0.182. The first-order valence-corrected chi connectivity index (χ1v) is 35.7. The molecule has 0 aliphatic carbocycles. The lowest BCUT2D eigenvalue weighted by atomic mass is 10.0. The Morgan fingerprint density at radius 2 is 0.734 bits per heavy atom. The van der Waals surface area contributed by atoms with E-state index in [0.29, 0.717) is 17.4 Å². The number of aliphatic hydroxyl groups is 1. The molecule has 79 heavy (non-hydrogen) atoms. The molecule has 0 aromatic carbocycles. The predicted molar refractivity (Wildman–Crippen MR) is 346 cm³/mol. The number of aliphatic hydroxyl groups excluding tert-OH is 1. The van der Waals surface area contributed by atoms with Gasteiger partial charge in [0.1, 0.15) is 13.2 Å². The van der Waals surface area contributed by atoms with E-state index >= 15 is 0 Å². The van der Waals surface area contributed by atoms with E-state index in [1.807, 2.05) is 27.2 Å². The summed E-state index contributed by atoms with van der Waals surface area (Å²) in [5, 5.41) is 13.9. The normalized spacial score (nSPS) is 14.1. The average Bonchev–Trinajstić information content (AvgIpc) is 3.42. The molecular formula is C70H134N2O6P+. The van der Waals surface area contributed by atoms with Gasteiger partial charge in [0.25, 0.3) is 0 Å². The average molecular weight is 1130 g/mol. The summed E-state index contributed by atoms with van der Waals surface area (Å²) in [7, 11) is 1.56. The predicted octanol–water partition coefficient (Wildman–Crippen LogP) is 21.6. The third-order valence-electron chi connectivity index (χ3n) is 15.5. The molecule has 3 atom stereocenters. The summed E-state index contributed by atoms with van der Waals surface area (Å²) < 4.78 is 23.7.